The Bertz CT molecular complexity index is 485. The molecule has 0 atom stereocenters. The average molecular weight is 244 g/mol. The molecule has 0 saturated heterocycles. The lowest BCUT2D eigenvalue weighted by atomic mass is 10.1. The molecule has 0 aromatic heterocycles. The van der Waals surface area contributed by atoms with Gasteiger partial charge in [-0.3, -0.25) is 0 Å². The van der Waals surface area contributed by atoms with Crippen molar-refractivity contribution >= 4 is 5.97 Å². The van der Waals surface area contributed by atoms with Gasteiger partial charge in [0, 0.05) is 12.2 Å². The molecule has 2 aliphatic rings. The Morgan fingerprint density at radius 3 is 2.61 bits per heavy atom. The van der Waals surface area contributed by atoms with E-state index in [0.29, 0.717) is 18.4 Å². The van der Waals surface area contributed by atoms with Crippen LogP contribution in [0.4, 0.5) is 0 Å². The molecule has 1 heterocycles. The van der Waals surface area contributed by atoms with Gasteiger partial charge in [0.05, 0.1) is 13.8 Å². The van der Waals surface area contributed by atoms with E-state index in [-0.39, 0.29) is 5.97 Å². The lowest BCUT2D eigenvalue weighted by molar-refractivity contribution is -0.138. The summed E-state index contributed by atoms with van der Waals surface area (Å²) in [5, 5.41) is 3.10. The van der Waals surface area contributed by atoms with Crippen molar-refractivity contribution in [2.45, 2.75) is 18.9 Å². The lowest BCUT2D eigenvalue weighted by Crippen LogP contribution is -2.37. The molecule has 0 saturated carbocycles. The molecule has 1 aliphatic heterocycles. The molecule has 1 N–H and O–H groups in total. The summed E-state index contributed by atoms with van der Waals surface area (Å²) in [5.74, 6) is -0.268. The van der Waals surface area contributed by atoms with E-state index < -0.39 is 0 Å². The summed E-state index contributed by atoms with van der Waals surface area (Å²) >= 11 is 0. The summed E-state index contributed by atoms with van der Waals surface area (Å²) in [6.45, 7) is 0.684. The van der Waals surface area contributed by atoms with Crippen LogP contribution in [0.5, 0.6) is 0 Å². The van der Waals surface area contributed by atoms with Crippen LogP contribution >= 0.6 is 0 Å². The molecule has 0 fully saturated rings. The summed E-state index contributed by atoms with van der Waals surface area (Å²) in [6, 6.07) is 8.82. The van der Waals surface area contributed by atoms with Crippen molar-refractivity contribution in [2.75, 3.05) is 13.8 Å². The van der Waals surface area contributed by atoms with Crippen LogP contribution in [0.2, 0.25) is 0 Å². The molecule has 1 aromatic rings. The van der Waals surface area contributed by atoms with Gasteiger partial charge in [-0.05, 0) is 24.0 Å². The topological polar surface area (TPSA) is 41.6 Å². The molecule has 0 unspecified atom stereocenters. The van der Waals surface area contributed by atoms with Crippen molar-refractivity contribution in [3.05, 3.63) is 47.3 Å². The van der Waals surface area contributed by atoms with Gasteiger partial charge >= 0.3 is 5.97 Å². The first-order valence-corrected chi connectivity index (χ1v) is 6.15. The van der Waals surface area contributed by atoms with Crippen LogP contribution in [0.1, 0.15) is 11.1 Å². The molecule has 94 valence electrons. The summed E-state index contributed by atoms with van der Waals surface area (Å²) in [5.41, 5.74) is 3.41. The Hall–Kier alpha value is -1.97. The molecule has 0 amide bonds. The van der Waals surface area contributed by atoms with Crippen molar-refractivity contribution in [3.63, 3.8) is 0 Å². The minimum Gasteiger partial charge on any atom is -0.464 e. The highest BCUT2D eigenvalue weighted by Gasteiger charge is 2.32. The molecule has 0 radical (unpaired) electrons. The van der Waals surface area contributed by atoms with E-state index in [0.717, 1.165) is 12.8 Å². The Morgan fingerprint density at radius 2 is 2.00 bits per heavy atom. The minimum absolute atomic E-state index is 0.268. The second-order valence-corrected chi connectivity index (χ2v) is 4.68. The minimum atomic E-state index is -0.268. The lowest BCUT2D eigenvalue weighted by Gasteiger charge is -2.26. The maximum absolute atomic E-state index is 11.7. The van der Waals surface area contributed by atoms with E-state index in [2.05, 4.69) is 34.5 Å². The standard InChI is InChI=1S/C14H16N2O2/c1-18-14(17)13-8-15-9-16(13)12-6-10-4-2-3-5-11(10)7-12/h2-5,8,12,15H,6-7,9H2,1H3. The molecule has 0 bridgehead atoms. The number of fused-ring (bicyclic) bond motifs is 1. The van der Waals surface area contributed by atoms with Crippen molar-refractivity contribution in [2.24, 2.45) is 0 Å². The van der Waals surface area contributed by atoms with Crippen LogP contribution < -0.4 is 5.32 Å². The second-order valence-electron chi connectivity index (χ2n) is 4.68. The van der Waals surface area contributed by atoms with Crippen molar-refractivity contribution in [1.29, 1.82) is 0 Å². The quantitative estimate of drug-likeness (QED) is 0.789. The van der Waals surface area contributed by atoms with Crippen LogP contribution in [-0.4, -0.2) is 30.7 Å². The summed E-state index contributed by atoms with van der Waals surface area (Å²) in [4.78, 5) is 13.8. The third kappa shape index (κ3) is 1.74. The second kappa shape index (κ2) is 4.37. The highest BCUT2D eigenvalue weighted by atomic mass is 16.5. The molecule has 1 aliphatic carbocycles. The van der Waals surface area contributed by atoms with E-state index in [4.69, 9.17) is 4.74 Å². The van der Waals surface area contributed by atoms with Gasteiger partial charge in [-0.1, -0.05) is 24.3 Å². The number of methoxy groups -OCH3 is 1. The Labute approximate surface area is 106 Å². The van der Waals surface area contributed by atoms with Gasteiger partial charge in [0.2, 0.25) is 0 Å². The molecule has 3 rings (SSSR count). The van der Waals surface area contributed by atoms with Crippen LogP contribution in [0, 0.1) is 0 Å². The highest BCUT2D eigenvalue weighted by Crippen LogP contribution is 2.28. The Kier molecular flexibility index (Phi) is 2.70. The van der Waals surface area contributed by atoms with Crippen LogP contribution in [-0.2, 0) is 22.4 Å². The largest absolute Gasteiger partial charge is 0.464 e. The fourth-order valence-corrected chi connectivity index (χ4v) is 2.77. The van der Waals surface area contributed by atoms with Gasteiger partial charge < -0.3 is 15.0 Å². The third-order valence-electron chi connectivity index (χ3n) is 3.67. The van der Waals surface area contributed by atoms with E-state index in [1.807, 2.05) is 0 Å². The number of esters is 1. The highest BCUT2D eigenvalue weighted by molar-refractivity contribution is 5.88. The average Bonchev–Trinajstić information content (AvgIpc) is 3.03. The summed E-state index contributed by atoms with van der Waals surface area (Å²) < 4.78 is 4.81. The monoisotopic (exact) mass is 244 g/mol. The maximum atomic E-state index is 11.7. The SMILES string of the molecule is COC(=O)C1=CNCN1C1Cc2ccccc2C1. The molecule has 0 spiro atoms. The number of carbonyl (C=O) groups excluding carboxylic acids is 1. The number of hydrogen-bond donors (Lipinski definition) is 1. The van der Waals surface area contributed by atoms with Gasteiger partial charge in [0.1, 0.15) is 5.70 Å². The zero-order valence-corrected chi connectivity index (χ0v) is 10.3. The Morgan fingerprint density at radius 1 is 1.33 bits per heavy atom. The molecular formula is C14H16N2O2. The fourth-order valence-electron chi connectivity index (χ4n) is 2.77. The van der Waals surface area contributed by atoms with E-state index in [1.54, 1.807) is 6.20 Å². The molecule has 1 aromatic carbocycles. The number of rotatable bonds is 2. The van der Waals surface area contributed by atoms with E-state index in [1.165, 1.54) is 18.2 Å². The number of nitrogens with zero attached hydrogens (tertiary/aromatic N) is 1. The number of hydrogen-bond acceptors (Lipinski definition) is 4. The zero-order chi connectivity index (χ0) is 12.5. The summed E-state index contributed by atoms with van der Waals surface area (Å²) in [7, 11) is 1.42. The zero-order valence-electron chi connectivity index (χ0n) is 10.3. The first kappa shape index (κ1) is 11.1. The number of ether oxygens (including phenoxy) is 1. The van der Waals surface area contributed by atoms with E-state index in [9.17, 15) is 4.79 Å². The van der Waals surface area contributed by atoms with Crippen LogP contribution in [0.25, 0.3) is 0 Å². The number of benzene rings is 1. The van der Waals surface area contributed by atoms with Gasteiger partial charge in [0.15, 0.2) is 0 Å². The molecule has 4 heteroatoms. The maximum Gasteiger partial charge on any atom is 0.355 e. The van der Waals surface area contributed by atoms with Crippen LogP contribution in [0.15, 0.2) is 36.2 Å². The predicted molar refractivity (Wildman–Crippen MR) is 67.6 cm³/mol. The number of carbonyl (C=O) groups is 1. The summed E-state index contributed by atoms with van der Waals surface area (Å²) in [6.07, 6.45) is 3.73. The van der Waals surface area contributed by atoms with Crippen molar-refractivity contribution < 1.29 is 9.53 Å². The smallest absolute Gasteiger partial charge is 0.355 e. The van der Waals surface area contributed by atoms with Gasteiger partial charge in [-0.15, -0.1) is 0 Å². The number of nitrogens with one attached hydrogen (secondary N) is 1. The van der Waals surface area contributed by atoms with E-state index >= 15 is 0 Å². The predicted octanol–water partition coefficient (Wildman–Crippen LogP) is 1.03. The molecule has 4 nitrogen and oxygen atoms in total. The Balaban J connectivity index is 1.79. The van der Waals surface area contributed by atoms with Crippen LogP contribution in [0.3, 0.4) is 0 Å². The fraction of sp³-hybridized carbons (Fsp3) is 0.357. The molecule has 18 heavy (non-hydrogen) atoms. The van der Waals surface area contributed by atoms with Crippen molar-refractivity contribution in [1.82, 2.24) is 10.2 Å². The first-order valence-electron chi connectivity index (χ1n) is 6.15. The first-order chi connectivity index (χ1) is 8.79. The third-order valence-corrected chi connectivity index (χ3v) is 3.67. The van der Waals surface area contributed by atoms with Gasteiger partial charge in [-0.25, -0.2) is 4.79 Å². The van der Waals surface area contributed by atoms with Crippen molar-refractivity contribution in [3.8, 4) is 0 Å². The normalized spacial score (nSPS) is 18.3. The molecular weight excluding hydrogens is 228 g/mol. The van der Waals surface area contributed by atoms with Gasteiger partial charge in [0.25, 0.3) is 0 Å². The van der Waals surface area contributed by atoms with Gasteiger partial charge in [-0.2, -0.15) is 0 Å².